The largest absolute Gasteiger partial charge is 0.317 e. The number of nitrogens with one attached hydrogen (secondary N) is 1. The van der Waals surface area contributed by atoms with E-state index in [1.807, 2.05) is 30.1 Å². The summed E-state index contributed by atoms with van der Waals surface area (Å²) in [4.78, 5) is 21.6. The van der Waals surface area contributed by atoms with Gasteiger partial charge in [0.05, 0.1) is 30.6 Å². The standard InChI is InChI=1S/C20H21N9O/c1-28-11-18(24-26-28)17-7-13-6-15(22-9-14(13)10-23-17)8-20(30)19-12-29(27-25-19)16-2-4-21-5-3-16/h6-7,9-12,16,21H,2-5,8H2,1H3. The summed E-state index contributed by atoms with van der Waals surface area (Å²) in [6.45, 7) is 1.92. The third-order valence-corrected chi connectivity index (χ3v) is 5.35. The smallest absolute Gasteiger partial charge is 0.190 e. The number of rotatable bonds is 5. The summed E-state index contributed by atoms with van der Waals surface area (Å²) in [6.07, 6.45) is 9.21. The molecule has 0 amide bonds. The predicted molar refractivity (Wildman–Crippen MR) is 109 cm³/mol. The molecule has 1 saturated heterocycles. The number of carbonyl (C=O) groups excluding carboxylic acids is 1. The molecule has 1 fully saturated rings. The molecule has 0 aromatic carbocycles. The Morgan fingerprint density at radius 3 is 2.67 bits per heavy atom. The molecule has 0 atom stereocenters. The van der Waals surface area contributed by atoms with Gasteiger partial charge in [0.2, 0.25) is 0 Å². The Balaban J connectivity index is 1.35. The van der Waals surface area contributed by atoms with E-state index >= 15 is 0 Å². The summed E-state index contributed by atoms with van der Waals surface area (Å²) >= 11 is 0. The monoisotopic (exact) mass is 403 g/mol. The van der Waals surface area contributed by atoms with Crippen LogP contribution in [0.15, 0.2) is 36.9 Å². The maximum Gasteiger partial charge on any atom is 0.190 e. The van der Waals surface area contributed by atoms with Gasteiger partial charge in [0, 0.05) is 30.5 Å². The first-order valence-corrected chi connectivity index (χ1v) is 9.93. The van der Waals surface area contributed by atoms with Crippen molar-refractivity contribution in [1.29, 1.82) is 0 Å². The Morgan fingerprint density at radius 2 is 1.87 bits per heavy atom. The molecule has 1 aliphatic heterocycles. The maximum absolute atomic E-state index is 12.7. The van der Waals surface area contributed by atoms with Crippen molar-refractivity contribution in [2.24, 2.45) is 7.05 Å². The van der Waals surface area contributed by atoms with E-state index in [4.69, 9.17) is 0 Å². The minimum absolute atomic E-state index is 0.0924. The lowest BCUT2D eigenvalue weighted by atomic mass is 10.1. The van der Waals surface area contributed by atoms with E-state index in [-0.39, 0.29) is 12.2 Å². The molecule has 152 valence electrons. The normalized spacial score (nSPS) is 15.0. The number of carbonyl (C=O) groups is 1. The lowest BCUT2D eigenvalue weighted by Gasteiger charge is -2.22. The van der Waals surface area contributed by atoms with Crippen LogP contribution in [0.2, 0.25) is 0 Å². The van der Waals surface area contributed by atoms with Crippen LogP contribution in [0.5, 0.6) is 0 Å². The van der Waals surface area contributed by atoms with E-state index < -0.39 is 0 Å². The van der Waals surface area contributed by atoms with Gasteiger partial charge in [-0.1, -0.05) is 10.4 Å². The zero-order chi connectivity index (χ0) is 20.5. The van der Waals surface area contributed by atoms with E-state index in [1.165, 1.54) is 0 Å². The molecular formula is C20H21N9O. The van der Waals surface area contributed by atoms with Gasteiger partial charge in [-0.15, -0.1) is 10.2 Å². The summed E-state index contributed by atoms with van der Waals surface area (Å²) in [5.41, 5.74) is 2.48. The Morgan fingerprint density at radius 1 is 1.03 bits per heavy atom. The molecular weight excluding hydrogens is 382 g/mol. The summed E-state index contributed by atoms with van der Waals surface area (Å²) < 4.78 is 3.45. The van der Waals surface area contributed by atoms with E-state index in [0.29, 0.717) is 23.1 Å². The van der Waals surface area contributed by atoms with E-state index in [2.05, 4.69) is 35.9 Å². The molecule has 0 saturated carbocycles. The molecule has 0 bridgehead atoms. The van der Waals surface area contributed by atoms with Gasteiger partial charge >= 0.3 is 0 Å². The quantitative estimate of drug-likeness (QED) is 0.497. The van der Waals surface area contributed by atoms with E-state index in [9.17, 15) is 4.79 Å². The molecule has 5 heterocycles. The van der Waals surface area contributed by atoms with E-state index in [0.717, 1.165) is 42.4 Å². The first-order valence-electron chi connectivity index (χ1n) is 9.93. The van der Waals surface area contributed by atoms with Crippen LogP contribution in [0.1, 0.15) is 35.1 Å². The van der Waals surface area contributed by atoms with Crippen LogP contribution in [-0.2, 0) is 13.5 Å². The average Bonchev–Trinajstić information content (AvgIpc) is 3.43. The first-order chi connectivity index (χ1) is 14.7. The molecule has 10 nitrogen and oxygen atoms in total. The highest BCUT2D eigenvalue weighted by Gasteiger charge is 2.19. The number of hydrogen-bond acceptors (Lipinski definition) is 8. The fourth-order valence-corrected chi connectivity index (χ4v) is 3.69. The zero-order valence-electron chi connectivity index (χ0n) is 16.6. The molecule has 0 radical (unpaired) electrons. The minimum Gasteiger partial charge on any atom is -0.317 e. The van der Waals surface area contributed by atoms with Gasteiger partial charge < -0.3 is 5.32 Å². The van der Waals surface area contributed by atoms with Crippen molar-refractivity contribution in [2.75, 3.05) is 13.1 Å². The van der Waals surface area contributed by atoms with Crippen LogP contribution in [0, 0.1) is 0 Å². The van der Waals surface area contributed by atoms with Crippen molar-refractivity contribution >= 4 is 16.6 Å². The summed E-state index contributed by atoms with van der Waals surface area (Å²) in [5.74, 6) is -0.0924. The second kappa shape index (κ2) is 7.71. The number of pyridine rings is 2. The second-order valence-corrected chi connectivity index (χ2v) is 7.53. The summed E-state index contributed by atoms with van der Waals surface area (Å²) in [6, 6.07) is 4.14. The van der Waals surface area contributed by atoms with Crippen molar-refractivity contribution < 1.29 is 4.79 Å². The van der Waals surface area contributed by atoms with Crippen molar-refractivity contribution in [3.8, 4) is 11.4 Å². The number of Topliss-reactive ketones (excluding diaryl/α,β-unsaturated/α-hetero) is 1. The Hall–Kier alpha value is -3.53. The maximum atomic E-state index is 12.7. The van der Waals surface area contributed by atoms with Crippen LogP contribution < -0.4 is 5.32 Å². The first kappa shape index (κ1) is 18.5. The van der Waals surface area contributed by atoms with Gasteiger partial charge in [-0.2, -0.15) is 0 Å². The fourth-order valence-electron chi connectivity index (χ4n) is 3.69. The van der Waals surface area contributed by atoms with Crippen LogP contribution in [0.3, 0.4) is 0 Å². The molecule has 0 spiro atoms. The highest BCUT2D eigenvalue weighted by Crippen LogP contribution is 2.21. The number of aromatic nitrogens is 8. The number of nitrogens with zero attached hydrogens (tertiary/aromatic N) is 8. The van der Waals surface area contributed by atoms with Gasteiger partial charge in [0.25, 0.3) is 0 Å². The molecule has 5 rings (SSSR count). The lowest BCUT2D eigenvalue weighted by molar-refractivity contribution is 0.0987. The Kier molecular flexibility index (Phi) is 4.75. The van der Waals surface area contributed by atoms with Gasteiger partial charge in [0.1, 0.15) is 11.4 Å². The Bertz CT molecular complexity index is 1210. The van der Waals surface area contributed by atoms with Gasteiger partial charge in [-0.3, -0.25) is 19.4 Å². The predicted octanol–water partition coefficient (Wildman–Crippen LogP) is 1.37. The average molecular weight is 403 g/mol. The topological polar surface area (TPSA) is 116 Å². The summed E-state index contributed by atoms with van der Waals surface area (Å²) in [7, 11) is 1.81. The van der Waals surface area contributed by atoms with Crippen LogP contribution in [-0.4, -0.2) is 58.8 Å². The SMILES string of the molecule is Cn1cc(-c2cc3cc(CC(=O)c4cn(C5CCNCC5)nn4)ncc3cn2)nn1. The molecule has 0 aliphatic carbocycles. The zero-order valence-corrected chi connectivity index (χ0v) is 16.6. The van der Waals surface area contributed by atoms with Crippen LogP contribution >= 0.6 is 0 Å². The summed E-state index contributed by atoms with van der Waals surface area (Å²) in [5, 5.41) is 21.5. The van der Waals surface area contributed by atoms with Crippen molar-refractivity contribution in [3.05, 3.63) is 48.3 Å². The highest BCUT2D eigenvalue weighted by atomic mass is 16.1. The Labute approximate surface area is 172 Å². The highest BCUT2D eigenvalue weighted by molar-refractivity contribution is 5.95. The van der Waals surface area contributed by atoms with Gasteiger partial charge in [-0.25, -0.2) is 4.68 Å². The number of ketones is 1. The molecule has 30 heavy (non-hydrogen) atoms. The lowest BCUT2D eigenvalue weighted by Crippen LogP contribution is -2.29. The number of fused-ring (bicyclic) bond motifs is 1. The second-order valence-electron chi connectivity index (χ2n) is 7.53. The molecule has 4 aromatic heterocycles. The molecule has 1 N–H and O–H groups in total. The number of aryl methyl sites for hydroxylation is 1. The van der Waals surface area contributed by atoms with Crippen molar-refractivity contribution in [1.82, 2.24) is 45.3 Å². The molecule has 10 heteroatoms. The molecule has 4 aromatic rings. The van der Waals surface area contributed by atoms with Crippen LogP contribution in [0.4, 0.5) is 0 Å². The van der Waals surface area contributed by atoms with Gasteiger partial charge in [-0.05, 0) is 43.5 Å². The fraction of sp³-hybridized carbons (Fsp3) is 0.350. The van der Waals surface area contributed by atoms with Crippen molar-refractivity contribution in [2.45, 2.75) is 25.3 Å². The number of piperidine rings is 1. The van der Waals surface area contributed by atoms with E-state index in [1.54, 1.807) is 23.3 Å². The number of hydrogen-bond donors (Lipinski definition) is 1. The minimum atomic E-state index is -0.0924. The van der Waals surface area contributed by atoms with Crippen LogP contribution in [0.25, 0.3) is 22.2 Å². The molecule has 0 unspecified atom stereocenters. The third kappa shape index (κ3) is 3.69. The van der Waals surface area contributed by atoms with Crippen molar-refractivity contribution in [3.63, 3.8) is 0 Å². The molecule has 1 aliphatic rings. The van der Waals surface area contributed by atoms with Gasteiger partial charge in [0.15, 0.2) is 5.78 Å². The third-order valence-electron chi connectivity index (χ3n) is 5.35.